The Balaban J connectivity index is 2.11. The maximum atomic E-state index is 4.78. The zero-order chi connectivity index (χ0) is 17.1. The van der Waals surface area contributed by atoms with Crippen molar-refractivity contribution in [3.05, 3.63) is 78.6 Å². The Morgan fingerprint density at radius 1 is 1.04 bits per heavy atom. The van der Waals surface area contributed by atoms with Crippen molar-refractivity contribution in [3.63, 3.8) is 0 Å². The summed E-state index contributed by atoms with van der Waals surface area (Å²) in [5.41, 5.74) is 6.49. The molecule has 1 aromatic carbocycles. The number of rotatable bonds is 4. The molecule has 118 valence electrons. The zero-order valence-corrected chi connectivity index (χ0v) is 14.0. The summed E-state index contributed by atoms with van der Waals surface area (Å²) in [7, 11) is 0. The summed E-state index contributed by atoms with van der Waals surface area (Å²) in [5.74, 6) is 0.590. The van der Waals surface area contributed by atoms with Crippen LogP contribution in [0, 0.1) is 6.92 Å². The molecule has 3 heteroatoms. The molecule has 0 amide bonds. The lowest BCUT2D eigenvalue weighted by atomic mass is 10.1. The average molecular weight is 313 g/mol. The molecule has 2 aromatic heterocycles. The standard InChI is InChI=1S/C21H19N3/c1-5-18-17(14(2)3)13-22-21(24-18)19-12-11-15(4)20(23-19)16-9-7-6-8-10-16/h5-13H,1-2H2,3-4H3. The molecule has 0 radical (unpaired) electrons. The minimum absolute atomic E-state index is 0.590. The van der Waals surface area contributed by atoms with Crippen LogP contribution < -0.4 is 0 Å². The van der Waals surface area contributed by atoms with Crippen LogP contribution in [-0.2, 0) is 0 Å². The van der Waals surface area contributed by atoms with Gasteiger partial charge in [-0.3, -0.25) is 0 Å². The van der Waals surface area contributed by atoms with E-state index in [-0.39, 0.29) is 0 Å². The first kappa shape index (κ1) is 15.8. The molecular weight excluding hydrogens is 294 g/mol. The maximum Gasteiger partial charge on any atom is 0.178 e. The van der Waals surface area contributed by atoms with E-state index >= 15 is 0 Å². The summed E-state index contributed by atoms with van der Waals surface area (Å²) in [6.45, 7) is 11.8. The zero-order valence-electron chi connectivity index (χ0n) is 14.0. The van der Waals surface area contributed by atoms with Gasteiger partial charge in [0.2, 0.25) is 0 Å². The monoisotopic (exact) mass is 313 g/mol. The minimum Gasteiger partial charge on any atom is -0.244 e. The molecule has 0 aliphatic carbocycles. The van der Waals surface area contributed by atoms with Gasteiger partial charge in [-0.05, 0) is 37.1 Å². The second-order valence-corrected chi connectivity index (χ2v) is 5.71. The largest absolute Gasteiger partial charge is 0.244 e. The van der Waals surface area contributed by atoms with Gasteiger partial charge < -0.3 is 0 Å². The molecule has 0 spiro atoms. The second-order valence-electron chi connectivity index (χ2n) is 5.71. The number of hydrogen-bond acceptors (Lipinski definition) is 3. The van der Waals surface area contributed by atoms with Crippen LogP contribution in [0.4, 0.5) is 0 Å². The molecule has 2 heterocycles. The van der Waals surface area contributed by atoms with Gasteiger partial charge in [0.1, 0.15) is 5.69 Å². The summed E-state index contributed by atoms with van der Waals surface area (Å²) >= 11 is 0. The van der Waals surface area contributed by atoms with Crippen LogP contribution in [0.25, 0.3) is 34.4 Å². The number of nitrogens with zero attached hydrogens (tertiary/aromatic N) is 3. The van der Waals surface area contributed by atoms with Crippen LogP contribution in [-0.4, -0.2) is 15.0 Å². The number of benzene rings is 1. The van der Waals surface area contributed by atoms with E-state index in [9.17, 15) is 0 Å². The fourth-order valence-corrected chi connectivity index (χ4v) is 2.54. The molecule has 0 bridgehead atoms. The normalized spacial score (nSPS) is 10.4. The van der Waals surface area contributed by atoms with E-state index in [1.807, 2.05) is 37.3 Å². The van der Waals surface area contributed by atoms with Gasteiger partial charge in [0, 0.05) is 17.3 Å². The van der Waals surface area contributed by atoms with Crippen molar-refractivity contribution in [3.8, 4) is 22.8 Å². The van der Waals surface area contributed by atoms with Gasteiger partial charge in [0.05, 0.1) is 11.4 Å². The number of aromatic nitrogens is 3. The molecule has 0 aliphatic rings. The van der Waals surface area contributed by atoms with E-state index in [2.05, 4.69) is 42.2 Å². The highest BCUT2D eigenvalue weighted by atomic mass is 14.9. The van der Waals surface area contributed by atoms with Gasteiger partial charge in [-0.25, -0.2) is 15.0 Å². The maximum absolute atomic E-state index is 4.78. The average Bonchev–Trinajstić information content (AvgIpc) is 2.62. The molecule has 0 atom stereocenters. The van der Waals surface area contributed by atoms with Crippen LogP contribution in [0.15, 0.2) is 61.8 Å². The van der Waals surface area contributed by atoms with Crippen LogP contribution in [0.5, 0.6) is 0 Å². The highest BCUT2D eigenvalue weighted by Crippen LogP contribution is 2.25. The van der Waals surface area contributed by atoms with Crippen LogP contribution >= 0.6 is 0 Å². The summed E-state index contributed by atoms with van der Waals surface area (Å²) in [5, 5.41) is 0. The van der Waals surface area contributed by atoms with Crippen molar-refractivity contribution in [2.24, 2.45) is 0 Å². The van der Waals surface area contributed by atoms with Gasteiger partial charge in [0.15, 0.2) is 5.82 Å². The number of pyridine rings is 1. The van der Waals surface area contributed by atoms with Crippen molar-refractivity contribution in [2.45, 2.75) is 13.8 Å². The van der Waals surface area contributed by atoms with Crippen LogP contribution in [0.1, 0.15) is 23.7 Å². The van der Waals surface area contributed by atoms with Gasteiger partial charge in [-0.2, -0.15) is 0 Å². The quantitative estimate of drug-likeness (QED) is 0.665. The molecule has 24 heavy (non-hydrogen) atoms. The van der Waals surface area contributed by atoms with Gasteiger partial charge >= 0.3 is 0 Å². The van der Waals surface area contributed by atoms with Gasteiger partial charge in [0.25, 0.3) is 0 Å². The molecule has 0 N–H and O–H groups in total. The fraction of sp³-hybridized carbons (Fsp3) is 0.0952. The van der Waals surface area contributed by atoms with Gasteiger partial charge in [-0.1, -0.05) is 49.6 Å². The second kappa shape index (κ2) is 6.59. The van der Waals surface area contributed by atoms with E-state index in [4.69, 9.17) is 4.98 Å². The first-order valence-corrected chi connectivity index (χ1v) is 7.79. The molecule has 3 nitrogen and oxygen atoms in total. The third kappa shape index (κ3) is 3.01. The Morgan fingerprint density at radius 3 is 2.46 bits per heavy atom. The highest BCUT2D eigenvalue weighted by Gasteiger charge is 2.11. The molecule has 0 saturated heterocycles. The molecular formula is C21H19N3. The predicted octanol–water partition coefficient (Wildman–Crippen LogP) is 5.19. The van der Waals surface area contributed by atoms with Crippen molar-refractivity contribution in [2.75, 3.05) is 0 Å². The van der Waals surface area contributed by atoms with Crippen molar-refractivity contribution < 1.29 is 0 Å². The Bertz CT molecular complexity index is 912. The van der Waals surface area contributed by atoms with Crippen molar-refractivity contribution in [1.82, 2.24) is 15.0 Å². The number of allylic oxidation sites excluding steroid dienone is 1. The predicted molar refractivity (Wildman–Crippen MR) is 100 cm³/mol. The van der Waals surface area contributed by atoms with Crippen molar-refractivity contribution in [1.29, 1.82) is 0 Å². The van der Waals surface area contributed by atoms with E-state index in [0.717, 1.165) is 39.3 Å². The summed E-state index contributed by atoms with van der Waals surface area (Å²) in [6.07, 6.45) is 3.51. The first-order chi connectivity index (χ1) is 11.6. The summed E-state index contributed by atoms with van der Waals surface area (Å²) < 4.78 is 0. The topological polar surface area (TPSA) is 38.7 Å². The summed E-state index contributed by atoms with van der Waals surface area (Å²) in [6, 6.07) is 14.1. The molecule has 0 unspecified atom stereocenters. The Morgan fingerprint density at radius 2 is 1.79 bits per heavy atom. The Hall–Kier alpha value is -3.07. The van der Waals surface area contributed by atoms with E-state index < -0.39 is 0 Å². The van der Waals surface area contributed by atoms with Gasteiger partial charge in [-0.15, -0.1) is 0 Å². The molecule has 0 saturated carbocycles. The lowest BCUT2D eigenvalue weighted by Crippen LogP contribution is -1.99. The molecule has 3 aromatic rings. The van der Waals surface area contributed by atoms with Crippen LogP contribution in [0.2, 0.25) is 0 Å². The minimum atomic E-state index is 0.590. The van der Waals surface area contributed by atoms with Crippen LogP contribution in [0.3, 0.4) is 0 Å². The third-order valence-corrected chi connectivity index (χ3v) is 3.84. The lowest BCUT2D eigenvalue weighted by molar-refractivity contribution is 1.11. The van der Waals surface area contributed by atoms with Crippen molar-refractivity contribution >= 4 is 11.6 Å². The first-order valence-electron chi connectivity index (χ1n) is 7.79. The molecule has 0 fully saturated rings. The number of hydrogen-bond donors (Lipinski definition) is 0. The summed E-state index contributed by atoms with van der Waals surface area (Å²) in [4.78, 5) is 13.8. The molecule has 3 rings (SSSR count). The Kier molecular flexibility index (Phi) is 4.34. The van der Waals surface area contributed by atoms with E-state index in [1.165, 1.54) is 0 Å². The van der Waals surface area contributed by atoms with E-state index in [0.29, 0.717) is 5.82 Å². The highest BCUT2D eigenvalue weighted by molar-refractivity contribution is 5.71. The smallest absolute Gasteiger partial charge is 0.178 e. The van der Waals surface area contributed by atoms with E-state index in [1.54, 1.807) is 12.3 Å². The fourth-order valence-electron chi connectivity index (χ4n) is 2.54. The molecule has 0 aliphatic heterocycles. The Labute approximate surface area is 142 Å². The lowest BCUT2D eigenvalue weighted by Gasteiger charge is -2.10. The third-order valence-electron chi connectivity index (χ3n) is 3.84. The SMILES string of the molecule is C=Cc1nc(-c2ccc(C)c(-c3ccccc3)n2)ncc1C(=C)C. The number of aryl methyl sites for hydroxylation is 1.